The van der Waals surface area contributed by atoms with Gasteiger partial charge in [0, 0.05) is 12.4 Å². The highest BCUT2D eigenvalue weighted by atomic mass is 31.3. The number of rotatable bonds is 8. The normalized spacial score (nSPS) is 27.2. The molecule has 7 N–H and O–H groups in total. The maximum Gasteiger partial charge on any atom is 0.490 e. The summed E-state index contributed by atoms with van der Waals surface area (Å²) in [5, 5.41) is 20.6. The van der Waals surface area contributed by atoms with Crippen LogP contribution in [0.15, 0.2) is 23.5 Å². The van der Waals surface area contributed by atoms with Crippen LogP contribution in [0.1, 0.15) is 6.23 Å². The number of aliphatic hydroxyl groups excluding tert-OH is 2. The lowest BCUT2D eigenvalue weighted by Crippen LogP contribution is -2.35. The van der Waals surface area contributed by atoms with E-state index < -0.39 is 60.3 Å². The molecule has 0 radical (unpaired) electrons. The molecule has 1 fully saturated rings. The van der Waals surface area contributed by atoms with Crippen LogP contribution in [0, 0.1) is 0 Å². The summed E-state index contributed by atoms with van der Waals surface area (Å²) in [6.45, 7) is -1.03. The predicted octanol–water partition coefficient (Wildman–Crippen LogP) is -1.67. The molecular formula is C12H16N5O14P3. The zero-order chi connectivity index (χ0) is 25.1. The Morgan fingerprint density at radius 2 is 1.74 bits per heavy atom. The Morgan fingerprint density at radius 1 is 1.03 bits per heavy atom. The molecule has 1 aliphatic heterocycles. The van der Waals surface area contributed by atoms with Crippen LogP contribution in [0.2, 0.25) is 0 Å². The number of aromatic nitrogens is 5. The fraction of sp³-hybridized carbons (Fsp3) is 0.417. The summed E-state index contributed by atoms with van der Waals surface area (Å²) >= 11 is 0. The molecule has 0 amide bonds. The van der Waals surface area contributed by atoms with Crippen LogP contribution >= 0.6 is 23.5 Å². The Labute approximate surface area is 186 Å². The van der Waals surface area contributed by atoms with E-state index in [0.717, 1.165) is 4.57 Å². The monoisotopic (exact) mass is 547 g/mol. The fourth-order valence-corrected chi connectivity index (χ4v) is 6.26. The molecule has 2 unspecified atom stereocenters. The van der Waals surface area contributed by atoms with Gasteiger partial charge in [-0.25, -0.2) is 33.0 Å². The fourth-order valence-electron chi connectivity index (χ4n) is 3.23. The lowest BCUT2D eigenvalue weighted by Gasteiger charge is -2.19. The van der Waals surface area contributed by atoms with Gasteiger partial charge in [0.15, 0.2) is 17.5 Å². The summed E-state index contributed by atoms with van der Waals surface area (Å²) in [6.07, 6.45) is -2.31. The Bertz CT molecular complexity index is 1430. The van der Waals surface area contributed by atoms with Gasteiger partial charge in [-0.3, -0.25) is 8.92 Å². The van der Waals surface area contributed by atoms with Gasteiger partial charge in [0.25, 0.3) is 0 Å². The van der Waals surface area contributed by atoms with E-state index in [4.69, 9.17) is 19.4 Å². The first kappa shape index (κ1) is 25.3. The van der Waals surface area contributed by atoms with Gasteiger partial charge in [-0.15, -0.1) is 0 Å². The molecular weight excluding hydrogens is 531 g/mol. The van der Waals surface area contributed by atoms with Crippen LogP contribution in [0.5, 0.6) is 0 Å². The molecule has 1 aliphatic rings. The average Bonchev–Trinajstić information content (AvgIpc) is 3.34. The number of aliphatic hydroxyl groups is 2. The number of ether oxygens (including phenoxy) is 1. The van der Waals surface area contributed by atoms with Crippen LogP contribution in [-0.4, -0.2) is 78.6 Å². The Balaban J connectivity index is 1.51. The van der Waals surface area contributed by atoms with E-state index in [1.807, 2.05) is 0 Å². The van der Waals surface area contributed by atoms with Gasteiger partial charge < -0.3 is 39.5 Å². The molecule has 4 heterocycles. The van der Waals surface area contributed by atoms with Crippen molar-refractivity contribution in [2.75, 3.05) is 6.61 Å². The van der Waals surface area contributed by atoms with Crippen LogP contribution < -0.4 is 5.69 Å². The third-order valence-corrected chi connectivity index (χ3v) is 8.31. The molecule has 188 valence electrons. The molecule has 0 bridgehead atoms. The van der Waals surface area contributed by atoms with Gasteiger partial charge in [-0.05, 0) is 0 Å². The molecule has 3 aromatic heterocycles. The van der Waals surface area contributed by atoms with Gasteiger partial charge in [-0.2, -0.15) is 8.62 Å². The van der Waals surface area contributed by atoms with Crippen molar-refractivity contribution < 1.29 is 61.4 Å². The second-order valence-electron chi connectivity index (χ2n) is 6.83. The number of aromatic amines is 1. The predicted molar refractivity (Wildman–Crippen MR) is 105 cm³/mol. The number of H-pyrrole nitrogens is 1. The van der Waals surface area contributed by atoms with E-state index in [2.05, 4.69) is 28.1 Å². The summed E-state index contributed by atoms with van der Waals surface area (Å²) in [4.78, 5) is 58.9. The lowest BCUT2D eigenvalue weighted by molar-refractivity contribution is -0.0517. The van der Waals surface area contributed by atoms with E-state index in [-0.39, 0.29) is 11.2 Å². The number of hydrogen-bond acceptors (Lipinski definition) is 12. The zero-order valence-electron chi connectivity index (χ0n) is 16.3. The van der Waals surface area contributed by atoms with Crippen LogP contribution in [-0.2, 0) is 31.6 Å². The molecule has 0 spiro atoms. The molecule has 3 aromatic rings. The van der Waals surface area contributed by atoms with Gasteiger partial charge >= 0.3 is 29.2 Å². The van der Waals surface area contributed by atoms with E-state index in [1.54, 1.807) is 6.20 Å². The first-order valence-corrected chi connectivity index (χ1v) is 13.4. The molecule has 19 nitrogen and oxygen atoms in total. The summed E-state index contributed by atoms with van der Waals surface area (Å²) in [7, 11) is -16.8. The molecule has 34 heavy (non-hydrogen) atoms. The van der Waals surface area contributed by atoms with Gasteiger partial charge in [0.2, 0.25) is 0 Å². The second kappa shape index (κ2) is 8.69. The minimum atomic E-state index is -5.74. The van der Waals surface area contributed by atoms with Crippen molar-refractivity contribution in [1.29, 1.82) is 0 Å². The number of fused-ring (bicyclic) bond motifs is 3. The van der Waals surface area contributed by atoms with Crippen LogP contribution in [0.3, 0.4) is 0 Å². The molecule has 22 heteroatoms. The molecule has 0 saturated carbocycles. The highest BCUT2D eigenvalue weighted by Gasteiger charge is 2.47. The largest absolute Gasteiger partial charge is 0.490 e. The SMILES string of the molecule is O=c1[nH]c2c(ncn3ccnc23)n1[C@@H]1O[C@H](COP(=O)(O)OP(=O)(O)OP(=O)(O)O)[C@@H](O)[C@H]1O. The Morgan fingerprint density at radius 3 is 2.41 bits per heavy atom. The van der Waals surface area contributed by atoms with E-state index in [9.17, 15) is 33.6 Å². The maximum atomic E-state index is 12.5. The number of phosphoric ester groups is 1. The number of hydrogen-bond donors (Lipinski definition) is 7. The van der Waals surface area contributed by atoms with Crippen molar-refractivity contribution in [3.05, 3.63) is 29.2 Å². The quantitative estimate of drug-likeness (QED) is 0.155. The summed E-state index contributed by atoms with van der Waals surface area (Å²) < 4.78 is 53.2. The molecule has 1 saturated heterocycles. The summed E-state index contributed by atoms with van der Waals surface area (Å²) in [5.74, 6) is 0. The average molecular weight is 547 g/mol. The first-order chi connectivity index (χ1) is 15.7. The molecule has 4 rings (SSSR count). The minimum absolute atomic E-state index is 0.00786. The minimum Gasteiger partial charge on any atom is -0.387 e. The van der Waals surface area contributed by atoms with Gasteiger partial charge in [-0.1, -0.05) is 0 Å². The first-order valence-electron chi connectivity index (χ1n) is 8.89. The molecule has 6 atom stereocenters. The van der Waals surface area contributed by atoms with Crippen molar-refractivity contribution in [2.24, 2.45) is 0 Å². The van der Waals surface area contributed by atoms with E-state index >= 15 is 0 Å². The van der Waals surface area contributed by atoms with Crippen molar-refractivity contribution in [2.45, 2.75) is 24.5 Å². The summed E-state index contributed by atoms with van der Waals surface area (Å²) in [6, 6.07) is 0. The van der Waals surface area contributed by atoms with Crippen LogP contribution in [0.25, 0.3) is 16.8 Å². The van der Waals surface area contributed by atoms with E-state index in [0.29, 0.717) is 5.65 Å². The molecule has 0 aromatic carbocycles. The van der Waals surface area contributed by atoms with Gasteiger partial charge in [0.1, 0.15) is 30.2 Å². The standard InChI is InChI=1S/C12H16N5O14P3/c18-7-5(3-28-33(24,25)31-34(26,27)30-32(21,22)23)29-11(8(7)19)17-10-6(15-12(17)20)9-13-1-2-16(9)4-14-10/h1-2,4-5,7-8,11,18-19H,3H2,(H,15,20)(H,24,25)(H,26,27)(H2,21,22,23)/t5-,7-,8-,11-/m1/s1. The van der Waals surface area contributed by atoms with Crippen molar-refractivity contribution >= 4 is 40.3 Å². The molecule has 0 aliphatic carbocycles. The maximum absolute atomic E-state index is 12.5. The van der Waals surface area contributed by atoms with Crippen LogP contribution in [0.4, 0.5) is 0 Å². The topological polar surface area (TPSA) is 277 Å². The third kappa shape index (κ3) is 5.07. The van der Waals surface area contributed by atoms with Crippen molar-refractivity contribution in [3.63, 3.8) is 0 Å². The number of phosphoric acid groups is 3. The summed E-state index contributed by atoms with van der Waals surface area (Å²) in [5.41, 5.74) is -0.255. The van der Waals surface area contributed by atoms with Gasteiger partial charge in [0.05, 0.1) is 6.61 Å². The van der Waals surface area contributed by atoms with Crippen molar-refractivity contribution in [3.8, 4) is 0 Å². The zero-order valence-corrected chi connectivity index (χ0v) is 19.0. The second-order valence-corrected chi connectivity index (χ2v) is 11.3. The van der Waals surface area contributed by atoms with E-state index in [1.165, 1.54) is 16.9 Å². The smallest absolute Gasteiger partial charge is 0.387 e. The lowest BCUT2D eigenvalue weighted by atomic mass is 10.1. The number of nitrogens with one attached hydrogen (secondary N) is 1. The third-order valence-electron chi connectivity index (χ3n) is 4.51. The van der Waals surface area contributed by atoms with Crippen molar-refractivity contribution in [1.82, 2.24) is 23.9 Å². The highest BCUT2D eigenvalue weighted by Crippen LogP contribution is 2.66. The number of imidazole rings is 2. The Hall–Kier alpha value is -1.82. The highest BCUT2D eigenvalue weighted by molar-refractivity contribution is 7.66. The Kier molecular flexibility index (Phi) is 6.46. The number of nitrogens with zero attached hydrogens (tertiary/aromatic N) is 4.